The first-order valence-corrected chi connectivity index (χ1v) is 7.32. The van der Waals surface area contributed by atoms with Gasteiger partial charge in [-0.2, -0.15) is 0 Å². The van der Waals surface area contributed by atoms with Crippen molar-refractivity contribution < 1.29 is 0 Å². The van der Waals surface area contributed by atoms with Crippen LogP contribution in [0.4, 0.5) is 0 Å². The molecule has 17 heavy (non-hydrogen) atoms. The van der Waals surface area contributed by atoms with E-state index < -0.39 is 0 Å². The van der Waals surface area contributed by atoms with Crippen LogP contribution in [0.2, 0.25) is 0 Å². The van der Waals surface area contributed by atoms with Crippen molar-refractivity contribution in [1.82, 2.24) is 9.80 Å². The van der Waals surface area contributed by atoms with Gasteiger partial charge in [-0.25, -0.2) is 0 Å². The number of nitrogens with zero attached hydrogens (tertiary/aromatic N) is 2. The predicted octanol–water partition coefficient (Wildman–Crippen LogP) is 1.53. The standard InChI is InChI=1S/C14H29N3/c1-3-13-10-16(2)8-5-9-17(13)12-14(11-15)6-4-7-14/h13H,3-12,15H2,1-2H3. The molecule has 1 atom stereocenters. The Balaban J connectivity index is 1.96. The topological polar surface area (TPSA) is 32.5 Å². The lowest BCUT2D eigenvalue weighted by Gasteiger charge is -2.46. The molecule has 0 aromatic rings. The summed E-state index contributed by atoms with van der Waals surface area (Å²) in [6.07, 6.45) is 6.68. The third-order valence-corrected chi connectivity index (χ3v) is 4.88. The van der Waals surface area contributed by atoms with Crippen LogP contribution in [0.1, 0.15) is 39.0 Å². The first-order chi connectivity index (χ1) is 8.19. The molecule has 2 aliphatic rings. The Morgan fingerprint density at radius 1 is 1.24 bits per heavy atom. The van der Waals surface area contributed by atoms with E-state index in [9.17, 15) is 0 Å². The van der Waals surface area contributed by atoms with Crippen molar-refractivity contribution >= 4 is 0 Å². The summed E-state index contributed by atoms with van der Waals surface area (Å²) in [5.74, 6) is 0. The van der Waals surface area contributed by atoms with Gasteiger partial charge in [-0.05, 0) is 57.8 Å². The average Bonchev–Trinajstić information content (AvgIpc) is 2.45. The maximum Gasteiger partial charge on any atom is 0.0220 e. The van der Waals surface area contributed by atoms with Crippen LogP contribution in [0.3, 0.4) is 0 Å². The van der Waals surface area contributed by atoms with Gasteiger partial charge in [-0.15, -0.1) is 0 Å². The SMILES string of the molecule is CCC1CN(C)CCCN1CC1(CN)CCC1. The quantitative estimate of drug-likeness (QED) is 0.807. The zero-order valence-corrected chi connectivity index (χ0v) is 11.6. The van der Waals surface area contributed by atoms with Crippen molar-refractivity contribution in [1.29, 1.82) is 0 Å². The lowest BCUT2D eigenvalue weighted by molar-refractivity contribution is 0.0509. The molecule has 2 N–H and O–H groups in total. The van der Waals surface area contributed by atoms with Crippen molar-refractivity contribution in [3.05, 3.63) is 0 Å². The van der Waals surface area contributed by atoms with Gasteiger partial charge in [-0.3, -0.25) is 4.90 Å². The van der Waals surface area contributed by atoms with Crippen LogP contribution in [-0.2, 0) is 0 Å². The minimum Gasteiger partial charge on any atom is -0.330 e. The van der Waals surface area contributed by atoms with Crippen molar-refractivity contribution in [2.45, 2.75) is 45.1 Å². The fourth-order valence-electron chi connectivity index (χ4n) is 3.42. The molecule has 1 aliphatic carbocycles. The van der Waals surface area contributed by atoms with Gasteiger partial charge in [-0.1, -0.05) is 13.3 Å². The van der Waals surface area contributed by atoms with E-state index in [0.717, 1.165) is 12.6 Å². The molecule has 0 aromatic carbocycles. The predicted molar refractivity (Wildman–Crippen MR) is 73.1 cm³/mol. The van der Waals surface area contributed by atoms with E-state index in [-0.39, 0.29) is 0 Å². The normalized spacial score (nSPS) is 30.9. The second-order valence-corrected chi connectivity index (χ2v) is 6.21. The molecule has 3 heteroatoms. The highest BCUT2D eigenvalue weighted by molar-refractivity contribution is 4.93. The number of rotatable bonds is 4. The zero-order valence-electron chi connectivity index (χ0n) is 11.6. The number of likely N-dealkylation sites (N-methyl/N-ethyl adjacent to an activating group) is 1. The lowest BCUT2D eigenvalue weighted by atomic mass is 9.68. The summed E-state index contributed by atoms with van der Waals surface area (Å²) in [5.41, 5.74) is 6.47. The van der Waals surface area contributed by atoms with Crippen molar-refractivity contribution in [2.75, 3.05) is 39.8 Å². The molecule has 0 spiro atoms. The van der Waals surface area contributed by atoms with E-state index in [2.05, 4.69) is 23.8 Å². The van der Waals surface area contributed by atoms with E-state index in [0.29, 0.717) is 5.41 Å². The molecule has 3 nitrogen and oxygen atoms in total. The Bertz CT molecular complexity index is 232. The van der Waals surface area contributed by atoms with Gasteiger partial charge in [0.05, 0.1) is 0 Å². The Labute approximate surface area is 106 Å². The Morgan fingerprint density at radius 2 is 2.00 bits per heavy atom. The minimum atomic E-state index is 0.469. The average molecular weight is 239 g/mol. The van der Waals surface area contributed by atoms with Gasteiger partial charge < -0.3 is 10.6 Å². The molecule has 1 heterocycles. The number of hydrogen-bond donors (Lipinski definition) is 1. The Kier molecular flexibility index (Phi) is 4.45. The maximum absolute atomic E-state index is 6.00. The molecule has 0 aromatic heterocycles. The van der Waals surface area contributed by atoms with Crippen LogP contribution in [-0.4, -0.2) is 55.6 Å². The summed E-state index contributed by atoms with van der Waals surface area (Å²) in [7, 11) is 2.26. The molecule has 0 radical (unpaired) electrons. The van der Waals surface area contributed by atoms with Crippen LogP contribution in [0.25, 0.3) is 0 Å². The van der Waals surface area contributed by atoms with E-state index in [4.69, 9.17) is 5.73 Å². The summed E-state index contributed by atoms with van der Waals surface area (Å²) in [5, 5.41) is 0. The molecule has 2 fully saturated rings. The molecule has 1 unspecified atom stereocenters. The maximum atomic E-state index is 6.00. The third kappa shape index (κ3) is 3.01. The highest BCUT2D eigenvalue weighted by Gasteiger charge is 2.38. The van der Waals surface area contributed by atoms with E-state index in [1.807, 2.05) is 0 Å². The second-order valence-electron chi connectivity index (χ2n) is 6.21. The first-order valence-electron chi connectivity index (χ1n) is 7.32. The van der Waals surface area contributed by atoms with Gasteiger partial charge >= 0.3 is 0 Å². The molecule has 0 amide bonds. The molecule has 1 saturated carbocycles. The fourth-order valence-corrected chi connectivity index (χ4v) is 3.42. The molecule has 1 saturated heterocycles. The smallest absolute Gasteiger partial charge is 0.0220 e. The van der Waals surface area contributed by atoms with Gasteiger partial charge in [0.25, 0.3) is 0 Å². The molecule has 0 bridgehead atoms. The van der Waals surface area contributed by atoms with Crippen molar-refractivity contribution in [3.8, 4) is 0 Å². The second kappa shape index (κ2) is 5.68. The monoisotopic (exact) mass is 239 g/mol. The van der Waals surface area contributed by atoms with Crippen LogP contribution < -0.4 is 5.73 Å². The summed E-state index contributed by atoms with van der Waals surface area (Å²) >= 11 is 0. The molecular formula is C14H29N3. The van der Waals surface area contributed by atoms with Crippen LogP contribution >= 0.6 is 0 Å². The summed E-state index contributed by atoms with van der Waals surface area (Å²) < 4.78 is 0. The van der Waals surface area contributed by atoms with Crippen LogP contribution in [0.5, 0.6) is 0 Å². The molecular weight excluding hydrogens is 210 g/mol. The summed E-state index contributed by atoms with van der Waals surface area (Å²) in [6.45, 7) is 8.21. The van der Waals surface area contributed by atoms with Gasteiger partial charge in [0, 0.05) is 19.1 Å². The number of hydrogen-bond acceptors (Lipinski definition) is 3. The Hall–Kier alpha value is -0.120. The van der Waals surface area contributed by atoms with Crippen LogP contribution in [0.15, 0.2) is 0 Å². The number of nitrogens with two attached hydrogens (primary N) is 1. The fraction of sp³-hybridized carbons (Fsp3) is 1.00. The highest BCUT2D eigenvalue weighted by atomic mass is 15.2. The van der Waals surface area contributed by atoms with Crippen molar-refractivity contribution in [2.24, 2.45) is 11.1 Å². The largest absolute Gasteiger partial charge is 0.330 e. The van der Waals surface area contributed by atoms with E-state index in [1.165, 1.54) is 58.3 Å². The summed E-state index contributed by atoms with van der Waals surface area (Å²) in [6, 6.07) is 0.742. The highest BCUT2D eigenvalue weighted by Crippen LogP contribution is 2.41. The minimum absolute atomic E-state index is 0.469. The molecule has 100 valence electrons. The third-order valence-electron chi connectivity index (χ3n) is 4.88. The Morgan fingerprint density at radius 3 is 2.53 bits per heavy atom. The van der Waals surface area contributed by atoms with E-state index >= 15 is 0 Å². The van der Waals surface area contributed by atoms with Gasteiger partial charge in [0.15, 0.2) is 0 Å². The summed E-state index contributed by atoms with van der Waals surface area (Å²) in [4.78, 5) is 5.22. The van der Waals surface area contributed by atoms with Gasteiger partial charge in [0.2, 0.25) is 0 Å². The first kappa shape index (κ1) is 13.3. The lowest BCUT2D eigenvalue weighted by Crippen LogP contribution is -2.51. The molecule has 1 aliphatic heterocycles. The van der Waals surface area contributed by atoms with E-state index in [1.54, 1.807) is 0 Å². The van der Waals surface area contributed by atoms with Crippen molar-refractivity contribution in [3.63, 3.8) is 0 Å². The zero-order chi connectivity index (χ0) is 12.3. The van der Waals surface area contributed by atoms with Crippen LogP contribution in [0, 0.1) is 5.41 Å². The van der Waals surface area contributed by atoms with Gasteiger partial charge in [0.1, 0.15) is 0 Å². The molecule has 2 rings (SSSR count).